The van der Waals surface area contributed by atoms with Crippen LogP contribution in [0.25, 0.3) is 0 Å². The predicted octanol–water partition coefficient (Wildman–Crippen LogP) is 1.61. The minimum Gasteiger partial charge on any atom is -0.359 e. The SMILES string of the molecule is CN=C(NC)NCc1cc(C#N)ccc1F.I. The van der Waals surface area contributed by atoms with Gasteiger partial charge < -0.3 is 10.6 Å². The van der Waals surface area contributed by atoms with Gasteiger partial charge >= 0.3 is 0 Å². The molecule has 17 heavy (non-hydrogen) atoms. The lowest BCUT2D eigenvalue weighted by atomic mass is 10.1. The Balaban J connectivity index is 0.00000256. The summed E-state index contributed by atoms with van der Waals surface area (Å²) in [5.41, 5.74) is 0.882. The maximum absolute atomic E-state index is 13.4. The molecule has 0 unspecified atom stereocenters. The molecule has 0 aliphatic heterocycles. The fourth-order valence-electron chi connectivity index (χ4n) is 1.24. The summed E-state index contributed by atoms with van der Waals surface area (Å²) in [6.45, 7) is 0.287. The highest BCUT2D eigenvalue weighted by Crippen LogP contribution is 2.09. The lowest BCUT2D eigenvalue weighted by Crippen LogP contribution is -2.34. The fourth-order valence-corrected chi connectivity index (χ4v) is 1.24. The zero-order valence-electron chi connectivity index (χ0n) is 9.62. The Hall–Kier alpha value is -1.36. The molecule has 6 heteroatoms. The van der Waals surface area contributed by atoms with E-state index in [1.807, 2.05) is 6.07 Å². The van der Waals surface area contributed by atoms with E-state index < -0.39 is 0 Å². The number of hydrogen-bond donors (Lipinski definition) is 2. The van der Waals surface area contributed by atoms with E-state index >= 15 is 0 Å². The van der Waals surface area contributed by atoms with E-state index in [1.54, 1.807) is 14.1 Å². The van der Waals surface area contributed by atoms with E-state index in [4.69, 9.17) is 5.26 Å². The van der Waals surface area contributed by atoms with Gasteiger partial charge in [0.15, 0.2) is 5.96 Å². The molecule has 0 saturated heterocycles. The van der Waals surface area contributed by atoms with Crippen LogP contribution in [-0.4, -0.2) is 20.1 Å². The van der Waals surface area contributed by atoms with Gasteiger partial charge in [0.05, 0.1) is 11.6 Å². The first-order chi connectivity index (χ1) is 7.71. The Morgan fingerprint density at radius 1 is 1.53 bits per heavy atom. The molecule has 0 amide bonds. The van der Waals surface area contributed by atoms with E-state index in [1.165, 1.54) is 18.2 Å². The number of guanidine groups is 1. The zero-order chi connectivity index (χ0) is 12.0. The minimum absolute atomic E-state index is 0. The highest BCUT2D eigenvalue weighted by molar-refractivity contribution is 14.0. The maximum Gasteiger partial charge on any atom is 0.190 e. The van der Waals surface area contributed by atoms with Crippen LogP contribution in [0.5, 0.6) is 0 Å². The molecule has 0 aliphatic carbocycles. The van der Waals surface area contributed by atoms with E-state index in [0.29, 0.717) is 17.1 Å². The van der Waals surface area contributed by atoms with Gasteiger partial charge in [-0.05, 0) is 18.2 Å². The predicted molar refractivity (Wildman–Crippen MR) is 75.8 cm³/mol. The molecule has 2 N–H and O–H groups in total. The van der Waals surface area contributed by atoms with Crippen LogP contribution in [0.2, 0.25) is 0 Å². The number of benzene rings is 1. The van der Waals surface area contributed by atoms with Crippen molar-refractivity contribution in [1.29, 1.82) is 5.26 Å². The van der Waals surface area contributed by atoms with Crippen molar-refractivity contribution in [3.05, 3.63) is 35.1 Å². The molecule has 0 fully saturated rings. The molecule has 0 spiro atoms. The van der Waals surface area contributed by atoms with Crippen LogP contribution in [-0.2, 0) is 6.54 Å². The summed E-state index contributed by atoms with van der Waals surface area (Å²) >= 11 is 0. The number of halogens is 2. The van der Waals surface area contributed by atoms with Crippen LogP contribution in [0.4, 0.5) is 4.39 Å². The second-order valence-corrected chi connectivity index (χ2v) is 3.09. The molecule has 0 aromatic heterocycles. The highest BCUT2D eigenvalue weighted by Gasteiger charge is 2.04. The van der Waals surface area contributed by atoms with E-state index in [-0.39, 0.29) is 36.3 Å². The molecule has 92 valence electrons. The van der Waals surface area contributed by atoms with Crippen molar-refractivity contribution in [2.75, 3.05) is 14.1 Å². The molecular formula is C11H14FIN4. The van der Waals surface area contributed by atoms with Crippen molar-refractivity contribution in [3.8, 4) is 6.07 Å². The van der Waals surface area contributed by atoms with Gasteiger partial charge in [0, 0.05) is 26.2 Å². The summed E-state index contributed by atoms with van der Waals surface area (Å²) in [4.78, 5) is 3.90. The van der Waals surface area contributed by atoms with Gasteiger partial charge in [-0.15, -0.1) is 24.0 Å². The second-order valence-electron chi connectivity index (χ2n) is 3.09. The summed E-state index contributed by atoms with van der Waals surface area (Å²) in [6, 6.07) is 6.23. The third-order valence-corrected chi connectivity index (χ3v) is 2.08. The molecule has 1 aromatic carbocycles. The largest absolute Gasteiger partial charge is 0.359 e. The van der Waals surface area contributed by atoms with Gasteiger partial charge in [0.2, 0.25) is 0 Å². The quantitative estimate of drug-likeness (QED) is 0.485. The molecule has 0 bridgehead atoms. The summed E-state index contributed by atoms with van der Waals surface area (Å²) in [5, 5.41) is 14.4. The van der Waals surface area contributed by atoms with Gasteiger partial charge in [-0.3, -0.25) is 4.99 Å². The van der Waals surface area contributed by atoms with E-state index in [0.717, 1.165) is 0 Å². The van der Waals surface area contributed by atoms with E-state index in [9.17, 15) is 4.39 Å². The summed E-state index contributed by atoms with van der Waals surface area (Å²) in [7, 11) is 3.35. The number of nitrogens with one attached hydrogen (secondary N) is 2. The van der Waals surface area contributed by atoms with Crippen molar-refractivity contribution in [1.82, 2.24) is 10.6 Å². The lowest BCUT2D eigenvalue weighted by Gasteiger charge is -2.09. The smallest absolute Gasteiger partial charge is 0.190 e. The van der Waals surface area contributed by atoms with Crippen LogP contribution in [0, 0.1) is 17.1 Å². The Kier molecular flexibility index (Phi) is 7.21. The molecule has 0 radical (unpaired) electrons. The summed E-state index contributed by atoms with van der Waals surface area (Å²) in [5.74, 6) is 0.236. The molecule has 1 aromatic rings. The first-order valence-corrected chi connectivity index (χ1v) is 4.78. The van der Waals surface area contributed by atoms with Crippen molar-refractivity contribution >= 4 is 29.9 Å². The second kappa shape index (κ2) is 7.84. The monoisotopic (exact) mass is 348 g/mol. The Labute approximate surface area is 117 Å². The van der Waals surface area contributed by atoms with Crippen LogP contribution in [0.3, 0.4) is 0 Å². The lowest BCUT2D eigenvalue weighted by molar-refractivity contribution is 0.605. The Bertz CT molecular complexity index is 440. The van der Waals surface area contributed by atoms with Gasteiger partial charge in [-0.25, -0.2) is 4.39 Å². The van der Waals surface area contributed by atoms with Crippen molar-refractivity contribution in [2.24, 2.45) is 4.99 Å². The summed E-state index contributed by atoms with van der Waals surface area (Å²) < 4.78 is 13.4. The van der Waals surface area contributed by atoms with Crippen LogP contribution in [0.15, 0.2) is 23.2 Å². The Morgan fingerprint density at radius 3 is 2.76 bits per heavy atom. The van der Waals surface area contributed by atoms with Crippen molar-refractivity contribution in [2.45, 2.75) is 6.54 Å². The number of nitrogens with zero attached hydrogens (tertiary/aromatic N) is 2. The third kappa shape index (κ3) is 4.56. The first-order valence-electron chi connectivity index (χ1n) is 4.78. The van der Waals surface area contributed by atoms with Gasteiger partial charge in [-0.2, -0.15) is 5.26 Å². The fraction of sp³-hybridized carbons (Fsp3) is 0.273. The van der Waals surface area contributed by atoms with Gasteiger partial charge in [0.25, 0.3) is 0 Å². The normalized spacial score (nSPS) is 10.1. The number of aliphatic imine (C=N–C) groups is 1. The third-order valence-electron chi connectivity index (χ3n) is 2.08. The molecular weight excluding hydrogens is 334 g/mol. The number of rotatable bonds is 2. The number of nitriles is 1. The topological polar surface area (TPSA) is 60.2 Å². The summed E-state index contributed by atoms with van der Waals surface area (Å²) in [6.07, 6.45) is 0. The molecule has 0 saturated carbocycles. The molecule has 0 heterocycles. The molecule has 0 atom stereocenters. The maximum atomic E-state index is 13.4. The molecule has 4 nitrogen and oxygen atoms in total. The van der Waals surface area contributed by atoms with Gasteiger partial charge in [0.1, 0.15) is 5.82 Å². The zero-order valence-corrected chi connectivity index (χ0v) is 12.0. The van der Waals surface area contributed by atoms with Crippen LogP contribution < -0.4 is 10.6 Å². The van der Waals surface area contributed by atoms with Crippen molar-refractivity contribution in [3.63, 3.8) is 0 Å². The van der Waals surface area contributed by atoms with Crippen LogP contribution in [0.1, 0.15) is 11.1 Å². The first kappa shape index (κ1) is 15.6. The molecule has 0 aliphatic rings. The van der Waals surface area contributed by atoms with Crippen molar-refractivity contribution < 1.29 is 4.39 Å². The molecule has 1 rings (SSSR count). The highest BCUT2D eigenvalue weighted by atomic mass is 127. The Morgan fingerprint density at radius 2 is 2.24 bits per heavy atom. The number of hydrogen-bond acceptors (Lipinski definition) is 2. The average molecular weight is 348 g/mol. The average Bonchev–Trinajstić information content (AvgIpc) is 2.32. The van der Waals surface area contributed by atoms with Crippen LogP contribution >= 0.6 is 24.0 Å². The minimum atomic E-state index is -0.335. The van der Waals surface area contributed by atoms with Gasteiger partial charge in [-0.1, -0.05) is 0 Å². The standard InChI is InChI=1S/C11H13FN4.HI/c1-14-11(15-2)16-7-9-5-8(6-13)3-4-10(9)12;/h3-5H,7H2,1-2H3,(H2,14,15,16);1H. The van der Waals surface area contributed by atoms with E-state index in [2.05, 4.69) is 15.6 Å².